The molecule has 0 saturated heterocycles. The summed E-state index contributed by atoms with van der Waals surface area (Å²) in [5.74, 6) is -0.153. The van der Waals surface area contributed by atoms with Gasteiger partial charge in [0.15, 0.2) is 0 Å². The third-order valence-corrected chi connectivity index (χ3v) is 1.64. The van der Waals surface area contributed by atoms with E-state index in [1.165, 1.54) is 0 Å². The number of carbonyl (C=O) groups is 1. The SMILES string of the molecule is Cc1cc(CNC(C)C(=O)O)no1. The summed E-state index contributed by atoms with van der Waals surface area (Å²) in [5, 5.41) is 15.1. The molecule has 0 spiro atoms. The maximum Gasteiger partial charge on any atom is 0.320 e. The summed E-state index contributed by atoms with van der Waals surface area (Å²) < 4.78 is 4.82. The molecule has 0 bridgehead atoms. The molecule has 1 heterocycles. The summed E-state index contributed by atoms with van der Waals surface area (Å²) in [6.07, 6.45) is 0. The minimum absolute atomic E-state index is 0.408. The molecule has 2 N–H and O–H groups in total. The molecule has 0 saturated carbocycles. The van der Waals surface area contributed by atoms with Gasteiger partial charge in [0, 0.05) is 12.6 Å². The van der Waals surface area contributed by atoms with Gasteiger partial charge in [-0.05, 0) is 13.8 Å². The van der Waals surface area contributed by atoms with E-state index >= 15 is 0 Å². The molecule has 0 amide bonds. The van der Waals surface area contributed by atoms with Gasteiger partial charge in [0.25, 0.3) is 0 Å². The number of aliphatic carboxylic acids is 1. The van der Waals surface area contributed by atoms with E-state index in [-0.39, 0.29) is 0 Å². The van der Waals surface area contributed by atoms with Crippen molar-refractivity contribution in [1.29, 1.82) is 0 Å². The number of aryl methyl sites for hydroxylation is 1. The number of carboxylic acid groups (broad SMARTS) is 1. The lowest BCUT2D eigenvalue weighted by Gasteiger charge is -2.05. The fourth-order valence-corrected chi connectivity index (χ4v) is 0.846. The highest BCUT2D eigenvalue weighted by Gasteiger charge is 2.10. The lowest BCUT2D eigenvalue weighted by molar-refractivity contribution is -0.139. The second-order valence-corrected chi connectivity index (χ2v) is 2.87. The molecule has 5 nitrogen and oxygen atoms in total. The predicted octanol–water partition coefficient (Wildman–Crippen LogP) is 0.546. The molecule has 0 aliphatic carbocycles. The Bertz CT molecular complexity index is 295. The Morgan fingerprint density at radius 1 is 1.85 bits per heavy atom. The van der Waals surface area contributed by atoms with Crippen molar-refractivity contribution in [2.75, 3.05) is 0 Å². The van der Waals surface area contributed by atoms with Crippen LogP contribution in [0.2, 0.25) is 0 Å². The van der Waals surface area contributed by atoms with E-state index in [1.54, 1.807) is 19.9 Å². The van der Waals surface area contributed by atoms with Crippen LogP contribution in [-0.4, -0.2) is 22.3 Å². The van der Waals surface area contributed by atoms with Gasteiger partial charge in [0.1, 0.15) is 11.8 Å². The highest BCUT2D eigenvalue weighted by atomic mass is 16.5. The van der Waals surface area contributed by atoms with E-state index in [2.05, 4.69) is 10.5 Å². The molecule has 0 fully saturated rings. The fourth-order valence-electron chi connectivity index (χ4n) is 0.846. The molecule has 0 aliphatic rings. The van der Waals surface area contributed by atoms with Crippen LogP contribution in [0.1, 0.15) is 18.4 Å². The molecular weight excluding hydrogens is 172 g/mol. The number of carboxylic acids is 1. The third kappa shape index (κ3) is 2.87. The Hall–Kier alpha value is -1.36. The van der Waals surface area contributed by atoms with Crippen LogP contribution >= 0.6 is 0 Å². The lowest BCUT2D eigenvalue weighted by Crippen LogP contribution is -2.33. The third-order valence-electron chi connectivity index (χ3n) is 1.64. The first-order valence-corrected chi connectivity index (χ1v) is 3.98. The zero-order valence-corrected chi connectivity index (χ0v) is 7.57. The van der Waals surface area contributed by atoms with Crippen LogP contribution in [0.15, 0.2) is 10.6 Å². The van der Waals surface area contributed by atoms with E-state index in [9.17, 15) is 4.79 Å². The predicted molar refractivity (Wildman–Crippen MR) is 45.2 cm³/mol. The fraction of sp³-hybridized carbons (Fsp3) is 0.500. The zero-order valence-electron chi connectivity index (χ0n) is 7.57. The number of hydrogen-bond donors (Lipinski definition) is 2. The van der Waals surface area contributed by atoms with Gasteiger partial charge in [-0.1, -0.05) is 5.16 Å². The second-order valence-electron chi connectivity index (χ2n) is 2.87. The average molecular weight is 184 g/mol. The molecule has 1 aromatic heterocycles. The Labute approximate surface area is 75.7 Å². The number of nitrogens with zero attached hydrogens (tertiary/aromatic N) is 1. The summed E-state index contributed by atoms with van der Waals surface area (Å²) in [6, 6.07) is 1.19. The quantitative estimate of drug-likeness (QED) is 0.714. The molecule has 0 radical (unpaired) electrons. The van der Waals surface area contributed by atoms with Crippen molar-refractivity contribution in [3.63, 3.8) is 0 Å². The normalized spacial score (nSPS) is 12.8. The smallest absolute Gasteiger partial charge is 0.320 e. The monoisotopic (exact) mass is 184 g/mol. The van der Waals surface area contributed by atoms with Gasteiger partial charge in [-0.2, -0.15) is 0 Å². The topological polar surface area (TPSA) is 75.4 Å². The van der Waals surface area contributed by atoms with E-state index in [4.69, 9.17) is 9.63 Å². The van der Waals surface area contributed by atoms with E-state index < -0.39 is 12.0 Å². The first kappa shape index (κ1) is 9.73. The summed E-state index contributed by atoms with van der Waals surface area (Å²) in [5.41, 5.74) is 0.714. The van der Waals surface area contributed by atoms with Crippen LogP contribution in [0.25, 0.3) is 0 Å². The molecule has 1 atom stereocenters. The summed E-state index contributed by atoms with van der Waals surface area (Å²) in [6.45, 7) is 3.78. The molecule has 1 aromatic rings. The van der Waals surface area contributed by atoms with Crippen LogP contribution in [-0.2, 0) is 11.3 Å². The van der Waals surface area contributed by atoms with Gasteiger partial charge in [-0.3, -0.25) is 10.1 Å². The largest absolute Gasteiger partial charge is 0.480 e. The lowest BCUT2D eigenvalue weighted by atomic mass is 10.3. The Morgan fingerprint density at radius 3 is 3.00 bits per heavy atom. The highest BCUT2D eigenvalue weighted by molar-refractivity contribution is 5.72. The molecule has 5 heteroatoms. The van der Waals surface area contributed by atoms with Gasteiger partial charge in [-0.25, -0.2) is 0 Å². The zero-order chi connectivity index (χ0) is 9.84. The molecule has 0 aromatic carbocycles. The minimum atomic E-state index is -0.875. The average Bonchev–Trinajstić information content (AvgIpc) is 2.47. The minimum Gasteiger partial charge on any atom is -0.480 e. The maximum atomic E-state index is 10.4. The second kappa shape index (κ2) is 4.04. The highest BCUT2D eigenvalue weighted by Crippen LogP contribution is 2.00. The summed E-state index contributed by atoms with van der Waals surface area (Å²) in [7, 11) is 0. The first-order chi connectivity index (χ1) is 6.09. The van der Waals surface area contributed by atoms with Crippen LogP contribution in [0.4, 0.5) is 0 Å². The van der Waals surface area contributed by atoms with Gasteiger partial charge >= 0.3 is 5.97 Å². The van der Waals surface area contributed by atoms with Crippen LogP contribution in [0.3, 0.4) is 0 Å². The van der Waals surface area contributed by atoms with Crippen molar-refractivity contribution < 1.29 is 14.4 Å². The van der Waals surface area contributed by atoms with E-state index in [0.717, 1.165) is 5.76 Å². The Balaban J connectivity index is 2.39. The van der Waals surface area contributed by atoms with Crippen molar-refractivity contribution in [2.45, 2.75) is 26.4 Å². The molecular formula is C8H12N2O3. The first-order valence-electron chi connectivity index (χ1n) is 3.98. The number of aromatic nitrogens is 1. The number of nitrogens with one attached hydrogen (secondary N) is 1. The van der Waals surface area contributed by atoms with Crippen LogP contribution in [0, 0.1) is 6.92 Å². The molecule has 1 unspecified atom stereocenters. The van der Waals surface area contributed by atoms with Crippen molar-refractivity contribution in [1.82, 2.24) is 10.5 Å². The van der Waals surface area contributed by atoms with E-state index in [1.807, 2.05) is 0 Å². The van der Waals surface area contributed by atoms with Gasteiger partial charge in [-0.15, -0.1) is 0 Å². The summed E-state index contributed by atoms with van der Waals surface area (Å²) in [4.78, 5) is 10.4. The maximum absolute atomic E-state index is 10.4. The Kier molecular flexibility index (Phi) is 3.02. The van der Waals surface area contributed by atoms with E-state index in [0.29, 0.717) is 12.2 Å². The van der Waals surface area contributed by atoms with Gasteiger partial charge in [0.05, 0.1) is 5.69 Å². The molecule has 1 rings (SSSR count). The van der Waals surface area contributed by atoms with Crippen molar-refractivity contribution in [3.8, 4) is 0 Å². The van der Waals surface area contributed by atoms with Crippen LogP contribution < -0.4 is 5.32 Å². The number of rotatable bonds is 4. The molecule has 0 aliphatic heterocycles. The number of hydrogen-bond acceptors (Lipinski definition) is 4. The molecule has 13 heavy (non-hydrogen) atoms. The Morgan fingerprint density at radius 2 is 2.54 bits per heavy atom. The standard InChI is InChI=1S/C8H12N2O3/c1-5-3-7(10-13-5)4-9-6(2)8(11)12/h3,6,9H,4H2,1-2H3,(H,11,12). The van der Waals surface area contributed by atoms with Crippen molar-refractivity contribution in [3.05, 3.63) is 17.5 Å². The van der Waals surface area contributed by atoms with Crippen LogP contribution in [0.5, 0.6) is 0 Å². The van der Waals surface area contributed by atoms with Crippen molar-refractivity contribution in [2.24, 2.45) is 0 Å². The molecule has 72 valence electrons. The van der Waals surface area contributed by atoms with Crippen molar-refractivity contribution >= 4 is 5.97 Å². The van der Waals surface area contributed by atoms with Gasteiger partial charge in [0.2, 0.25) is 0 Å². The van der Waals surface area contributed by atoms with Gasteiger partial charge < -0.3 is 9.63 Å². The summed E-state index contributed by atoms with van der Waals surface area (Å²) >= 11 is 0.